The highest BCUT2D eigenvalue weighted by Crippen LogP contribution is 2.37. The van der Waals surface area contributed by atoms with Gasteiger partial charge in [0.1, 0.15) is 17.3 Å². The van der Waals surface area contributed by atoms with Gasteiger partial charge in [0.05, 0.1) is 0 Å². The lowest BCUT2D eigenvalue weighted by Gasteiger charge is -2.18. The van der Waals surface area contributed by atoms with Crippen LogP contribution in [0.4, 0.5) is 5.82 Å². The highest BCUT2D eigenvalue weighted by molar-refractivity contribution is 5.92. The molecule has 0 unspecified atom stereocenters. The third-order valence-corrected chi connectivity index (χ3v) is 4.67. The highest BCUT2D eigenvalue weighted by atomic mass is 16.3. The van der Waals surface area contributed by atoms with Gasteiger partial charge in [0, 0.05) is 49.2 Å². The first kappa shape index (κ1) is 20.3. The molecular formula is C22H25N5O2. The molecule has 0 spiro atoms. The van der Waals surface area contributed by atoms with Gasteiger partial charge >= 0.3 is 0 Å². The average molecular weight is 391 g/mol. The van der Waals surface area contributed by atoms with E-state index in [1.54, 1.807) is 31.4 Å². The molecule has 3 rings (SSSR count). The third-order valence-electron chi connectivity index (χ3n) is 4.67. The van der Waals surface area contributed by atoms with E-state index in [2.05, 4.69) is 27.5 Å². The van der Waals surface area contributed by atoms with Gasteiger partial charge in [-0.05, 0) is 35.7 Å². The summed E-state index contributed by atoms with van der Waals surface area (Å²) < 4.78 is 0. The number of nitrogens with one attached hydrogen (secondary N) is 2. The number of carbonyl (C=O) groups is 1. The van der Waals surface area contributed by atoms with Crippen LogP contribution < -0.4 is 16.4 Å². The summed E-state index contributed by atoms with van der Waals surface area (Å²) >= 11 is 0. The van der Waals surface area contributed by atoms with E-state index >= 15 is 0 Å². The molecule has 29 heavy (non-hydrogen) atoms. The third kappa shape index (κ3) is 4.35. The fourth-order valence-corrected chi connectivity index (χ4v) is 3.24. The van der Waals surface area contributed by atoms with E-state index in [-0.39, 0.29) is 11.7 Å². The van der Waals surface area contributed by atoms with Crippen molar-refractivity contribution in [3.05, 3.63) is 60.0 Å². The molecule has 3 aromatic rings. The molecule has 150 valence electrons. The molecule has 2 heterocycles. The molecule has 5 N–H and O–H groups in total. The van der Waals surface area contributed by atoms with Crippen LogP contribution in [0.25, 0.3) is 22.3 Å². The maximum atomic E-state index is 11.8. The van der Waals surface area contributed by atoms with Crippen LogP contribution in [0, 0.1) is 0 Å². The second-order valence-corrected chi connectivity index (χ2v) is 6.50. The summed E-state index contributed by atoms with van der Waals surface area (Å²) in [5.74, 6) is 0.731. The van der Waals surface area contributed by atoms with Gasteiger partial charge in [-0.2, -0.15) is 0 Å². The van der Waals surface area contributed by atoms with Crippen LogP contribution in [0.3, 0.4) is 0 Å². The predicted molar refractivity (Wildman–Crippen MR) is 115 cm³/mol. The Bertz CT molecular complexity index is 985. The zero-order valence-electron chi connectivity index (χ0n) is 16.6. The summed E-state index contributed by atoms with van der Waals surface area (Å²) in [5.41, 5.74) is 10.9. The lowest BCUT2D eigenvalue weighted by molar-refractivity contribution is 0.0958. The maximum absolute atomic E-state index is 11.8. The number of rotatable bonds is 7. The Morgan fingerprint density at radius 3 is 2.38 bits per heavy atom. The zero-order valence-corrected chi connectivity index (χ0v) is 16.6. The number of benzene rings is 1. The number of aromatic hydroxyl groups is 1. The number of phenols is 1. The van der Waals surface area contributed by atoms with Crippen molar-refractivity contribution in [3.63, 3.8) is 0 Å². The first-order chi connectivity index (χ1) is 14.1. The normalized spacial score (nSPS) is 10.6. The van der Waals surface area contributed by atoms with Crippen molar-refractivity contribution >= 4 is 11.7 Å². The van der Waals surface area contributed by atoms with Crippen LogP contribution >= 0.6 is 0 Å². The Balaban J connectivity index is 2.14. The highest BCUT2D eigenvalue weighted by Gasteiger charge is 2.17. The van der Waals surface area contributed by atoms with Crippen molar-refractivity contribution in [1.29, 1.82) is 0 Å². The van der Waals surface area contributed by atoms with E-state index in [0.29, 0.717) is 18.8 Å². The van der Waals surface area contributed by atoms with Crippen molar-refractivity contribution in [3.8, 4) is 28.0 Å². The number of phenolic OH excluding ortho intramolecular Hbond substituents is 1. The Morgan fingerprint density at radius 2 is 1.79 bits per heavy atom. The Morgan fingerprint density at radius 1 is 1.07 bits per heavy atom. The van der Waals surface area contributed by atoms with Gasteiger partial charge in [-0.1, -0.05) is 25.1 Å². The number of nitrogens with zero attached hydrogens (tertiary/aromatic N) is 2. The van der Waals surface area contributed by atoms with E-state index in [0.717, 1.165) is 40.1 Å². The minimum Gasteiger partial charge on any atom is -0.508 e. The van der Waals surface area contributed by atoms with Crippen LogP contribution in [0.1, 0.15) is 23.0 Å². The van der Waals surface area contributed by atoms with Gasteiger partial charge in [0.25, 0.3) is 5.91 Å². The molecule has 7 heteroatoms. The Labute approximate surface area is 170 Å². The second-order valence-electron chi connectivity index (χ2n) is 6.50. The summed E-state index contributed by atoms with van der Waals surface area (Å²) in [7, 11) is 1.58. The molecule has 0 radical (unpaired) electrons. The maximum Gasteiger partial charge on any atom is 0.269 e. The number of anilines is 1. The van der Waals surface area contributed by atoms with E-state index in [1.165, 1.54) is 0 Å². The topological polar surface area (TPSA) is 113 Å². The van der Waals surface area contributed by atoms with Gasteiger partial charge in [0.2, 0.25) is 0 Å². The number of carbonyl (C=O) groups excluding carboxylic acids is 1. The lowest BCUT2D eigenvalue weighted by atomic mass is 9.92. The van der Waals surface area contributed by atoms with Crippen LogP contribution in [-0.2, 0) is 6.42 Å². The van der Waals surface area contributed by atoms with E-state index < -0.39 is 0 Å². The predicted octanol–water partition coefficient (Wildman–Crippen LogP) is 2.81. The van der Waals surface area contributed by atoms with E-state index in [9.17, 15) is 9.90 Å². The second kappa shape index (κ2) is 9.16. The molecule has 0 atom stereocenters. The standard InChI is InChI=1S/C22H25N5O2/c1-3-17-18(15-6-9-19(26-12-15)22(29)24-2)13-27-21(25-11-10-23)20(17)14-4-7-16(28)8-5-14/h4-9,12-13,28H,3,10-11,23H2,1-2H3,(H,24,29)(H,25,27). The molecule has 1 aromatic carbocycles. The van der Waals surface area contributed by atoms with Crippen molar-refractivity contribution in [2.45, 2.75) is 13.3 Å². The Hall–Kier alpha value is -3.45. The number of hydrogen-bond acceptors (Lipinski definition) is 6. The lowest BCUT2D eigenvalue weighted by Crippen LogP contribution is -2.18. The fourth-order valence-electron chi connectivity index (χ4n) is 3.24. The largest absolute Gasteiger partial charge is 0.508 e. The fraction of sp³-hybridized carbons (Fsp3) is 0.227. The number of nitrogens with two attached hydrogens (primary N) is 1. The molecule has 0 aliphatic carbocycles. The number of hydrogen-bond donors (Lipinski definition) is 4. The summed E-state index contributed by atoms with van der Waals surface area (Å²) in [6.45, 7) is 3.18. The molecule has 0 saturated heterocycles. The van der Waals surface area contributed by atoms with Gasteiger partial charge in [-0.25, -0.2) is 4.98 Å². The monoisotopic (exact) mass is 391 g/mol. The first-order valence-corrected chi connectivity index (χ1v) is 9.52. The van der Waals surface area contributed by atoms with Gasteiger partial charge < -0.3 is 21.5 Å². The molecule has 0 bridgehead atoms. The minimum absolute atomic E-state index is 0.210. The molecule has 0 aliphatic heterocycles. The van der Waals surface area contributed by atoms with Crippen molar-refractivity contribution < 1.29 is 9.90 Å². The van der Waals surface area contributed by atoms with Crippen LogP contribution in [-0.4, -0.2) is 41.1 Å². The van der Waals surface area contributed by atoms with Gasteiger partial charge in [-0.3, -0.25) is 9.78 Å². The summed E-state index contributed by atoms with van der Waals surface area (Å²) in [6, 6.07) is 10.6. The molecule has 0 aliphatic rings. The molecule has 0 saturated carbocycles. The molecule has 7 nitrogen and oxygen atoms in total. The van der Waals surface area contributed by atoms with Crippen LogP contribution in [0.15, 0.2) is 48.8 Å². The molecular weight excluding hydrogens is 366 g/mol. The summed E-state index contributed by atoms with van der Waals surface area (Å²) in [6.07, 6.45) is 4.27. The smallest absolute Gasteiger partial charge is 0.269 e. The minimum atomic E-state index is -0.225. The van der Waals surface area contributed by atoms with Crippen molar-refractivity contribution in [2.24, 2.45) is 5.73 Å². The van der Waals surface area contributed by atoms with Gasteiger partial charge in [0.15, 0.2) is 0 Å². The number of pyridine rings is 2. The molecule has 1 amide bonds. The van der Waals surface area contributed by atoms with Crippen LogP contribution in [0.2, 0.25) is 0 Å². The average Bonchev–Trinajstić information content (AvgIpc) is 2.77. The molecule has 2 aromatic heterocycles. The van der Waals surface area contributed by atoms with Crippen molar-refractivity contribution in [1.82, 2.24) is 15.3 Å². The first-order valence-electron chi connectivity index (χ1n) is 9.52. The zero-order chi connectivity index (χ0) is 20.8. The molecule has 0 fully saturated rings. The van der Waals surface area contributed by atoms with Crippen molar-refractivity contribution in [2.75, 3.05) is 25.5 Å². The number of aromatic nitrogens is 2. The van der Waals surface area contributed by atoms with Gasteiger partial charge in [-0.15, -0.1) is 0 Å². The Kier molecular flexibility index (Phi) is 6.41. The number of amides is 1. The summed E-state index contributed by atoms with van der Waals surface area (Å²) in [4.78, 5) is 20.7. The summed E-state index contributed by atoms with van der Waals surface area (Å²) in [5, 5.41) is 15.5. The quantitative estimate of drug-likeness (QED) is 0.493. The van der Waals surface area contributed by atoms with E-state index in [4.69, 9.17) is 5.73 Å². The van der Waals surface area contributed by atoms with E-state index in [1.807, 2.05) is 24.4 Å². The van der Waals surface area contributed by atoms with Crippen LogP contribution in [0.5, 0.6) is 5.75 Å². The SMILES string of the molecule is CCc1c(-c2ccc(C(=O)NC)nc2)cnc(NCCN)c1-c1ccc(O)cc1.